The highest BCUT2D eigenvalue weighted by Crippen LogP contribution is 2.45. The number of anilines is 1. The van der Waals surface area contributed by atoms with Crippen LogP contribution in [0.4, 0.5) is 5.82 Å². The second kappa shape index (κ2) is 9.54. The first-order chi connectivity index (χ1) is 17.0. The van der Waals surface area contributed by atoms with E-state index in [2.05, 4.69) is 20.6 Å². The molecule has 3 aromatic rings. The number of hydrogen-bond donors (Lipinski definition) is 2. The molecule has 0 fully saturated rings. The number of benzene rings is 1. The summed E-state index contributed by atoms with van der Waals surface area (Å²) in [6.07, 6.45) is 4.35. The third kappa shape index (κ3) is 4.45. The molecule has 1 aliphatic heterocycles. The number of carbonyl (C=O) groups is 2. The number of ketones is 1. The monoisotopic (exact) mass is 466 g/mol. The van der Waals surface area contributed by atoms with Gasteiger partial charge in [0.25, 0.3) is 5.91 Å². The maximum absolute atomic E-state index is 13.6. The number of nitrogens with zero attached hydrogens (tertiary/aromatic N) is 2. The number of pyridine rings is 2. The van der Waals surface area contributed by atoms with Crippen molar-refractivity contribution in [1.82, 2.24) is 15.3 Å². The van der Waals surface area contributed by atoms with Crippen molar-refractivity contribution in [1.29, 1.82) is 0 Å². The van der Waals surface area contributed by atoms with Gasteiger partial charge in [0.15, 0.2) is 5.78 Å². The van der Waals surface area contributed by atoms with Crippen LogP contribution in [0.1, 0.15) is 42.9 Å². The highest BCUT2D eigenvalue weighted by molar-refractivity contribution is 6.09. The molecular weight excluding hydrogens is 440 g/mol. The lowest BCUT2D eigenvalue weighted by Gasteiger charge is -2.36. The number of allylic oxidation sites excluding steroid dienone is 3. The van der Waals surface area contributed by atoms with Crippen molar-refractivity contribution in [3.05, 3.63) is 107 Å². The molecule has 0 saturated carbocycles. The average molecular weight is 467 g/mol. The van der Waals surface area contributed by atoms with E-state index in [1.54, 1.807) is 31.6 Å². The smallest absolute Gasteiger partial charge is 0.255 e. The first-order valence-corrected chi connectivity index (χ1v) is 11.6. The van der Waals surface area contributed by atoms with Crippen LogP contribution in [0, 0.1) is 0 Å². The molecule has 35 heavy (non-hydrogen) atoms. The molecule has 0 bridgehead atoms. The van der Waals surface area contributed by atoms with E-state index in [-0.39, 0.29) is 17.6 Å². The van der Waals surface area contributed by atoms with Gasteiger partial charge in [0.05, 0.1) is 18.7 Å². The zero-order chi connectivity index (χ0) is 24.4. The molecule has 176 valence electrons. The molecule has 0 spiro atoms. The van der Waals surface area contributed by atoms with Crippen LogP contribution in [-0.2, 0) is 9.59 Å². The van der Waals surface area contributed by atoms with Crippen LogP contribution < -0.4 is 15.4 Å². The van der Waals surface area contributed by atoms with Crippen LogP contribution in [0.15, 0.2) is 95.6 Å². The van der Waals surface area contributed by atoms with Gasteiger partial charge in [-0.3, -0.25) is 14.6 Å². The molecule has 2 atom stereocenters. The van der Waals surface area contributed by atoms with Crippen molar-refractivity contribution in [2.75, 3.05) is 12.4 Å². The minimum atomic E-state index is -0.555. The molecule has 3 heterocycles. The molecule has 1 aromatic carbocycles. The summed E-state index contributed by atoms with van der Waals surface area (Å²) in [6, 6.07) is 18.7. The Bertz CT molecular complexity index is 1320. The van der Waals surface area contributed by atoms with Gasteiger partial charge in [0, 0.05) is 41.4 Å². The summed E-state index contributed by atoms with van der Waals surface area (Å²) < 4.78 is 5.27. The summed E-state index contributed by atoms with van der Waals surface area (Å²) in [7, 11) is 1.64. The summed E-state index contributed by atoms with van der Waals surface area (Å²) in [5.41, 5.74) is 4.40. The van der Waals surface area contributed by atoms with Crippen LogP contribution in [-0.4, -0.2) is 28.8 Å². The Morgan fingerprint density at radius 1 is 1.00 bits per heavy atom. The molecule has 0 radical (unpaired) electrons. The Balaban J connectivity index is 1.52. The zero-order valence-electron chi connectivity index (χ0n) is 19.6. The number of Topliss-reactive ketones (excluding diaryl/α,β-unsaturated/α-hetero) is 1. The van der Waals surface area contributed by atoms with Gasteiger partial charge in [-0.2, -0.15) is 0 Å². The largest absolute Gasteiger partial charge is 0.497 e. The zero-order valence-corrected chi connectivity index (χ0v) is 19.6. The molecule has 2 unspecified atom stereocenters. The molecule has 0 saturated heterocycles. The molecular formula is C28H26N4O3. The number of methoxy groups -OCH3 is 1. The first kappa shape index (κ1) is 22.5. The minimum Gasteiger partial charge on any atom is -0.497 e. The van der Waals surface area contributed by atoms with Gasteiger partial charge < -0.3 is 15.4 Å². The third-order valence-corrected chi connectivity index (χ3v) is 6.55. The first-order valence-electron chi connectivity index (χ1n) is 11.6. The Morgan fingerprint density at radius 2 is 1.74 bits per heavy atom. The number of carbonyl (C=O) groups excluding carboxylic acids is 2. The lowest BCUT2D eigenvalue weighted by atomic mass is 9.72. The number of nitrogens with one attached hydrogen (secondary N) is 2. The number of ether oxygens (including phenoxy) is 1. The summed E-state index contributed by atoms with van der Waals surface area (Å²) in [5.74, 6) is 0.434. The van der Waals surface area contributed by atoms with Gasteiger partial charge in [0.1, 0.15) is 11.6 Å². The van der Waals surface area contributed by atoms with Gasteiger partial charge in [-0.1, -0.05) is 24.3 Å². The Labute approximate surface area is 204 Å². The fraction of sp³-hybridized carbons (Fsp3) is 0.214. The second-order valence-corrected chi connectivity index (χ2v) is 8.71. The van der Waals surface area contributed by atoms with Crippen LogP contribution in [0.2, 0.25) is 0 Å². The van der Waals surface area contributed by atoms with Gasteiger partial charge in [-0.25, -0.2) is 4.98 Å². The summed E-state index contributed by atoms with van der Waals surface area (Å²) in [6.45, 7) is 1.87. The van der Waals surface area contributed by atoms with E-state index in [0.29, 0.717) is 41.2 Å². The maximum atomic E-state index is 13.6. The van der Waals surface area contributed by atoms with E-state index in [9.17, 15) is 9.59 Å². The standard InChI is InChI=1S/C28H26N4O3/c1-17-25(28(34)32-24-8-4-6-14-30-24)27(21-7-3-5-13-29-21)26-22(31-17)15-19(16-23(26)33)18-9-11-20(35-2)12-10-18/h3-14,19,27,31H,15-16H2,1-2H3,(H,30,32,34). The highest BCUT2D eigenvalue weighted by atomic mass is 16.5. The molecule has 2 aromatic heterocycles. The molecule has 7 nitrogen and oxygen atoms in total. The number of dihydropyridines is 1. The fourth-order valence-corrected chi connectivity index (χ4v) is 4.91. The van der Waals surface area contributed by atoms with Crippen molar-refractivity contribution in [3.8, 4) is 5.75 Å². The van der Waals surface area contributed by atoms with Gasteiger partial charge in [-0.05, 0) is 61.2 Å². The average Bonchev–Trinajstić information content (AvgIpc) is 2.88. The normalized spacial score (nSPS) is 19.7. The molecule has 1 amide bonds. The second-order valence-electron chi connectivity index (χ2n) is 8.71. The SMILES string of the molecule is COc1ccc(C2CC(=O)C3=C(C2)NC(C)=C(C(=O)Nc2ccccn2)C3c2ccccn2)cc1. The topological polar surface area (TPSA) is 93.2 Å². The van der Waals surface area contributed by atoms with Crippen molar-refractivity contribution >= 4 is 17.5 Å². The van der Waals surface area contributed by atoms with E-state index in [0.717, 1.165) is 17.0 Å². The maximum Gasteiger partial charge on any atom is 0.255 e. The van der Waals surface area contributed by atoms with Crippen LogP contribution in [0.3, 0.4) is 0 Å². The predicted molar refractivity (Wildman–Crippen MR) is 133 cm³/mol. The third-order valence-electron chi connectivity index (χ3n) is 6.55. The van der Waals surface area contributed by atoms with Crippen molar-refractivity contribution in [2.45, 2.75) is 31.6 Å². The Morgan fingerprint density at radius 3 is 2.40 bits per heavy atom. The summed E-state index contributed by atoms with van der Waals surface area (Å²) >= 11 is 0. The van der Waals surface area contributed by atoms with Crippen LogP contribution >= 0.6 is 0 Å². The van der Waals surface area contributed by atoms with Gasteiger partial charge >= 0.3 is 0 Å². The molecule has 5 rings (SSSR count). The van der Waals surface area contributed by atoms with E-state index >= 15 is 0 Å². The highest BCUT2D eigenvalue weighted by Gasteiger charge is 2.41. The van der Waals surface area contributed by atoms with Crippen LogP contribution in [0.25, 0.3) is 0 Å². The molecule has 2 N–H and O–H groups in total. The lowest BCUT2D eigenvalue weighted by molar-refractivity contribution is -0.116. The van der Waals surface area contributed by atoms with Crippen molar-refractivity contribution < 1.29 is 14.3 Å². The summed E-state index contributed by atoms with van der Waals surface area (Å²) in [5, 5.41) is 6.27. The van der Waals surface area contributed by atoms with E-state index in [1.165, 1.54) is 0 Å². The Hall–Kier alpha value is -4.26. The predicted octanol–water partition coefficient (Wildman–Crippen LogP) is 4.49. The number of rotatable bonds is 5. The summed E-state index contributed by atoms with van der Waals surface area (Å²) in [4.78, 5) is 35.9. The quantitative estimate of drug-likeness (QED) is 0.576. The van der Waals surface area contributed by atoms with Gasteiger partial charge in [-0.15, -0.1) is 0 Å². The Kier molecular flexibility index (Phi) is 6.14. The van der Waals surface area contributed by atoms with E-state index in [4.69, 9.17) is 4.74 Å². The molecule has 1 aliphatic carbocycles. The molecule has 7 heteroatoms. The van der Waals surface area contributed by atoms with E-state index in [1.807, 2.05) is 55.5 Å². The number of aromatic nitrogens is 2. The van der Waals surface area contributed by atoms with Crippen molar-refractivity contribution in [3.63, 3.8) is 0 Å². The lowest BCUT2D eigenvalue weighted by Crippen LogP contribution is -2.37. The van der Waals surface area contributed by atoms with E-state index < -0.39 is 5.92 Å². The van der Waals surface area contributed by atoms with Crippen LogP contribution in [0.5, 0.6) is 5.75 Å². The number of hydrogen-bond acceptors (Lipinski definition) is 6. The fourth-order valence-electron chi connectivity index (χ4n) is 4.91. The minimum absolute atomic E-state index is 0.0193. The number of amides is 1. The molecule has 2 aliphatic rings. The van der Waals surface area contributed by atoms with Gasteiger partial charge in [0.2, 0.25) is 0 Å². The van der Waals surface area contributed by atoms with Crippen molar-refractivity contribution in [2.24, 2.45) is 0 Å².